The van der Waals surface area contributed by atoms with Crippen molar-refractivity contribution in [3.05, 3.63) is 59.7 Å². The molecule has 1 aliphatic rings. The van der Waals surface area contributed by atoms with Gasteiger partial charge in [-0.3, -0.25) is 0 Å². The number of rotatable bonds is 4. The fourth-order valence-electron chi connectivity index (χ4n) is 2.84. The highest BCUT2D eigenvalue weighted by Gasteiger charge is 2.28. The lowest BCUT2D eigenvalue weighted by atomic mass is 9.97. The average molecular weight is 297 g/mol. The maximum absolute atomic E-state index is 5.93. The summed E-state index contributed by atoms with van der Waals surface area (Å²) in [5.41, 5.74) is 15.8. The van der Waals surface area contributed by atoms with Crippen molar-refractivity contribution in [3.63, 3.8) is 0 Å². The van der Waals surface area contributed by atoms with Crippen LogP contribution in [0.3, 0.4) is 0 Å². The average Bonchev–Trinajstić information content (AvgIpc) is 2.97. The number of anilines is 1. The van der Waals surface area contributed by atoms with Crippen molar-refractivity contribution >= 4 is 5.69 Å². The molecule has 2 atom stereocenters. The van der Waals surface area contributed by atoms with Gasteiger partial charge in [-0.05, 0) is 44.0 Å². The van der Waals surface area contributed by atoms with Gasteiger partial charge >= 0.3 is 0 Å². The van der Waals surface area contributed by atoms with Crippen LogP contribution in [0, 0.1) is 0 Å². The molecule has 4 nitrogen and oxygen atoms in total. The number of hydrogen-bond donors (Lipinski definition) is 3. The summed E-state index contributed by atoms with van der Waals surface area (Å²) in [7, 11) is 0. The minimum absolute atomic E-state index is 0.170. The van der Waals surface area contributed by atoms with Crippen molar-refractivity contribution in [2.45, 2.75) is 38.5 Å². The molecular formula is C18H23N3O. The van der Waals surface area contributed by atoms with E-state index in [1.165, 1.54) is 11.1 Å². The van der Waals surface area contributed by atoms with Gasteiger partial charge in [0.25, 0.3) is 0 Å². The molecule has 0 amide bonds. The summed E-state index contributed by atoms with van der Waals surface area (Å²) >= 11 is 0. The van der Waals surface area contributed by atoms with Gasteiger partial charge in [0.1, 0.15) is 5.75 Å². The molecule has 3 rings (SSSR count). The number of nitrogen functional groups attached to an aromatic ring is 1. The van der Waals surface area contributed by atoms with Gasteiger partial charge in [0.05, 0.1) is 12.1 Å². The maximum Gasteiger partial charge on any atom is 0.124 e. The van der Waals surface area contributed by atoms with E-state index in [1.54, 1.807) is 0 Å². The third kappa shape index (κ3) is 3.24. The minimum Gasteiger partial charge on any atom is -0.491 e. The fourth-order valence-corrected chi connectivity index (χ4v) is 2.84. The molecule has 0 spiro atoms. The van der Waals surface area contributed by atoms with E-state index in [-0.39, 0.29) is 18.2 Å². The molecule has 4 heteroatoms. The summed E-state index contributed by atoms with van der Waals surface area (Å²) in [5.74, 6) is 0.953. The van der Waals surface area contributed by atoms with Gasteiger partial charge in [0, 0.05) is 17.3 Å². The first kappa shape index (κ1) is 14.9. The quantitative estimate of drug-likeness (QED) is 0.758. The Morgan fingerprint density at radius 2 is 1.68 bits per heavy atom. The molecule has 1 aliphatic heterocycles. The Morgan fingerprint density at radius 1 is 1.00 bits per heavy atom. The molecule has 116 valence electrons. The first-order valence-electron chi connectivity index (χ1n) is 7.75. The van der Waals surface area contributed by atoms with Crippen LogP contribution in [0.25, 0.3) is 0 Å². The molecule has 1 fully saturated rings. The van der Waals surface area contributed by atoms with E-state index in [9.17, 15) is 0 Å². The summed E-state index contributed by atoms with van der Waals surface area (Å²) in [4.78, 5) is 0. The van der Waals surface area contributed by atoms with Gasteiger partial charge in [-0.25, -0.2) is 10.9 Å². The van der Waals surface area contributed by atoms with Crippen LogP contribution in [-0.4, -0.2) is 6.10 Å². The third-order valence-corrected chi connectivity index (χ3v) is 3.90. The maximum atomic E-state index is 5.93. The largest absolute Gasteiger partial charge is 0.491 e. The van der Waals surface area contributed by atoms with Gasteiger partial charge in [0.2, 0.25) is 0 Å². The van der Waals surface area contributed by atoms with Crippen LogP contribution in [0.15, 0.2) is 48.5 Å². The summed E-state index contributed by atoms with van der Waals surface area (Å²) in [5, 5.41) is 0. The second-order valence-electron chi connectivity index (χ2n) is 6.00. The van der Waals surface area contributed by atoms with Crippen LogP contribution in [0.2, 0.25) is 0 Å². The van der Waals surface area contributed by atoms with Crippen molar-refractivity contribution < 1.29 is 4.74 Å². The lowest BCUT2D eigenvalue weighted by Crippen LogP contribution is -2.27. The summed E-state index contributed by atoms with van der Waals surface area (Å²) in [6.45, 7) is 4.10. The van der Waals surface area contributed by atoms with Crippen molar-refractivity contribution in [1.29, 1.82) is 0 Å². The Kier molecular flexibility index (Phi) is 4.32. The molecule has 0 aliphatic carbocycles. The Bertz CT molecular complexity index is 624. The van der Waals surface area contributed by atoms with E-state index in [1.807, 2.05) is 38.1 Å². The third-order valence-electron chi connectivity index (χ3n) is 3.90. The van der Waals surface area contributed by atoms with Crippen molar-refractivity contribution in [1.82, 2.24) is 10.9 Å². The Balaban J connectivity index is 1.76. The molecule has 2 aromatic carbocycles. The van der Waals surface area contributed by atoms with E-state index >= 15 is 0 Å². The monoisotopic (exact) mass is 297 g/mol. The predicted octanol–water partition coefficient (Wildman–Crippen LogP) is 3.34. The zero-order valence-electron chi connectivity index (χ0n) is 13.0. The van der Waals surface area contributed by atoms with Crippen molar-refractivity contribution in [3.8, 4) is 5.75 Å². The zero-order valence-corrected chi connectivity index (χ0v) is 13.0. The molecule has 2 aromatic rings. The van der Waals surface area contributed by atoms with Gasteiger partial charge in [-0.1, -0.05) is 30.3 Å². The molecule has 1 heterocycles. The summed E-state index contributed by atoms with van der Waals surface area (Å²) in [6, 6.07) is 16.8. The second-order valence-corrected chi connectivity index (χ2v) is 6.00. The Labute approximate surface area is 131 Å². The molecular weight excluding hydrogens is 274 g/mol. The molecule has 0 bridgehead atoms. The normalized spacial score (nSPS) is 21.2. The highest BCUT2D eigenvalue weighted by atomic mass is 16.5. The topological polar surface area (TPSA) is 59.3 Å². The fraction of sp³-hybridized carbons (Fsp3) is 0.333. The number of hydrogen-bond acceptors (Lipinski definition) is 4. The highest BCUT2D eigenvalue weighted by molar-refractivity contribution is 5.41. The van der Waals surface area contributed by atoms with Gasteiger partial charge in [0.15, 0.2) is 0 Å². The van der Waals surface area contributed by atoms with Crippen molar-refractivity contribution in [2.75, 3.05) is 5.73 Å². The van der Waals surface area contributed by atoms with E-state index < -0.39 is 0 Å². The molecule has 22 heavy (non-hydrogen) atoms. The molecule has 0 aromatic heterocycles. The molecule has 1 saturated heterocycles. The van der Waals surface area contributed by atoms with Crippen LogP contribution < -0.4 is 21.3 Å². The first-order valence-corrected chi connectivity index (χ1v) is 7.75. The van der Waals surface area contributed by atoms with Gasteiger partial charge in [-0.15, -0.1) is 0 Å². The summed E-state index contributed by atoms with van der Waals surface area (Å²) in [6.07, 6.45) is 1.14. The predicted molar refractivity (Wildman–Crippen MR) is 89.4 cm³/mol. The van der Waals surface area contributed by atoms with Crippen molar-refractivity contribution in [2.24, 2.45) is 0 Å². The van der Waals surface area contributed by atoms with Crippen LogP contribution in [0.1, 0.15) is 43.5 Å². The lowest BCUT2D eigenvalue weighted by molar-refractivity contribution is 0.238. The van der Waals surface area contributed by atoms with E-state index in [0.717, 1.165) is 17.9 Å². The van der Waals surface area contributed by atoms with E-state index in [4.69, 9.17) is 10.5 Å². The van der Waals surface area contributed by atoms with Crippen LogP contribution in [0.5, 0.6) is 5.75 Å². The number of hydrazine groups is 1. The number of ether oxygens (including phenoxy) is 1. The second kappa shape index (κ2) is 6.38. The van der Waals surface area contributed by atoms with Gasteiger partial charge in [-0.2, -0.15) is 0 Å². The first-order chi connectivity index (χ1) is 10.6. The number of para-hydroxylation sites is 1. The molecule has 4 N–H and O–H groups in total. The van der Waals surface area contributed by atoms with Crippen LogP contribution in [0.4, 0.5) is 5.69 Å². The Morgan fingerprint density at radius 3 is 2.41 bits per heavy atom. The molecule has 0 saturated carbocycles. The van der Waals surface area contributed by atoms with Crippen LogP contribution >= 0.6 is 0 Å². The lowest BCUT2D eigenvalue weighted by Gasteiger charge is -2.18. The van der Waals surface area contributed by atoms with Crippen LogP contribution in [-0.2, 0) is 0 Å². The Hall–Kier alpha value is -2.04. The SMILES string of the molecule is CC(C)Oc1ccccc1C1CC(c2ccc(N)cc2)NN1. The minimum atomic E-state index is 0.170. The van der Waals surface area contributed by atoms with E-state index in [2.05, 4.69) is 35.1 Å². The molecule has 0 radical (unpaired) electrons. The zero-order chi connectivity index (χ0) is 15.5. The number of benzene rings is 2. The molecule has 2 unspecified atom stereocenters. The van der Waals surface area contributed by atoms with E-state index in [0.29, 0.717) is 0 Å². The summed E-state index contributed by atoms with van der Waals surface area (Å²) < 4.78 is 5.93. The standard InChI is InChI=1S/C18H23N3O/c1-12(2)22-18-6-4-3-5-15(18)17-11-16(20-21-17)13-7-9-14(19)10-8-13/h3-10,12,16-17,20-21H,11,19H2,1-2H3. The van der Waals surface area contributed by atoms with Gasteiger partial charge < -0.3 is 10.5 Å². The number of nitrogens with two attached hydrogens (primary N) is 1. The highest BCUT2D eigenvalue weighted by Crippen LogP contribution is 2.35. The smallest absolute Gasteiger partial charge is 0.124 e. The number of nitrogens with one attached hydrogen (secondary N) is 2.